The van der Waals surface area contributed by atoms with E-state index in [0.717, 1.165) is 12.1 Å². The van der Waals surface area contributed by atoms with E-state index in [0.29, 0.717) is 25.2 Å². The van der Waals surface area contributed by atoms with E-state index in [-0.39, 0.29) is 17.9 Å². The second-order valence-corrected chi connectivity index (χ2v) is 4.72. The van der Waals surface area contributed by atoms with E-state index < -0.39 is 11.6 Å². The topological polar surface area (TPSA) is 55.6 Å². The minimum absolute atomic E-state index is 0.203. The number of esters is 1. The second-order valence-electron chi connectivity index (χ2n) is 4.72. The van der Waals surface area contributed by atoms with Crippen LogP contribution < -0.4 is 10.6 Å². The van der Waals surface area contributed by atoms with Crippen molar-refractivity contribution in [1.29, 1.82) is 0 Å². The van der Waals surface area contributed by atoms with Crippen LogP contribution >= 0.6 is 0 Å². The number of nitrogens with zero attached hydrogens (tertiary/aromatic N) is 1. The summed E-state index contributed by atoms with van der Waals surface area (Å²) in [6, 6.07) is 3.45. The van der Waals surface area contributed by atoms with Crippen LogP contribution in [0, 0.1) is 17.6 Å². The fourth-order valence-electron chi connectivity index (χ4n) is 2.37. The molecule has 0 saturated carbocycles. The average Bonchev–Trinajstić information content (AvgIpc) is 2.40. The van der Waals surface area contributed by atoms with Crippen LogP contribution in [0.4, 0.5) is 14.5 Å². The molecule has 0 bridgehead atoms. The minimum atomic E-state index is -0.911. The van der Waals surface area contributed by atoms with Crippen molar-refractivity contribution in [2.24, 2.45) is 11.7 Å². The molecule has 1 fully saturated rings. The third-order valence-corrected chi connectivity index (χ3v) is 3.29. The SMILES string of the molecule is COC(=O)C1CC(N)CN(c2ccc(F)c(F)c2)C1. The normalized spacial score (nSPS) is 23.3. The molecule has 104 valence electrons. The van der Waals surface area contributed by atoms with Crippen LogP contribution in [0.3, 0.4) is 0 Å². The van der Waals surface area contributed by atoms with Crippen LogP contribution in [0.25, 0.3) is 0 Å². The van der Waals surface area contributed by atoms with Gasteiger partial charge in [-0.25, -0.2) is 8.78 Å². The van der Waals surface area contributed by atoms with Gasteiger partial charge in [-0.05, 0) is 18.6 Å². The Balaban J connectivity index is 2.18. The lowest BCUT2D eigenvalue weighted by atomic mass is 9.94. The lowest BCUT2D eigenvalue weighted by Crippen LogP contribution is -2.49. The summed E-state index contributed by atoms with van der Waals surface area (Å²) in [5.74, 6) is -2.48. The van der Waals surface area contributed by atoms with Crippen molar-refractivity contribution in [3.8, 4) is 0 Å². The number of ether oxygens (including phenoxy) is 1. The summed E-state index contributed by atoms with van der Waals surface area (Å²) < 4.78 is 30.8. The van der Waals surface area contributed by atoms with E-state index in [4.69, 9.17) is 10.5 Å². The molecule has 2 atom stereocenters. The highest BCUT2D eigenvalue weighted by molar-refractivity contribution is 5.73. The molecule has 1 aliphatic heterocycles. The fraction of sp³-hybridized carbons (Fsp3) is 0.462. The number of hydrogen-bond acceptors (Lipinski definition) is 4. The molecule has 1 aliphatic rings. The lowest BCUT2D eigenvalue weighted by molar-refractivity contribution is -0.145. The van der Waals surface area contributed by atoms with Crippen molar-refractivity contribution in [1.82, 2.24) is 0 Å². The number of halogens is 2. The highest BCUT2D eigenvalue weighted by atomic mass is 19.2. The zero-order valence-corrected chi connectivity index (χ0v) is 10.6. The van der Waals surface area contributed by atoms with Crippen molar-refractivity contribution >= 4 is 11.7 Å². The standard InChI is InChI=1S/C13H16F2N2O2/c1-19-13(18)8-4-9(16)7-17(6-8)10-2-3-11(14)12(15)5-10/h2-3,5,8-9H,4,6-7,16H2,1H3. The number of hydrogen-bond donors (Lipinski definition) is 1. The molecule has 1 aromatic rings. The van der Waals surface area contributed by atoms with Crippen molar-refractivity contribution in [3.05, 3.63) is 29.8 Å². The van der Waals surface area contributed by atoms with Crippen LogP contribution in [-0.2, 0) is 9.53 Å². The van der Waals surface area contributed by atoms with Gasteiger partial charge in [-0.15, -0.1) is 0 Å². The van der Waals surface area contributed by atoms with Gasteiger partial charge in [0.1, 0.15) is 0 Å². The van der Waals surface area contributed by atoms with Crippen LogP contribution in [0.2, 0.25) is 0 Å². The Hall–Kier alpha value is -1.69. The molecule has 0 spiro atoms. The van der Waals surface area contributed by atoms with Crippen LogP contribution in [-0.4, -0.2) is 32.2 Å². The monoisotopic (exact) mass is 270 g/mol. The van der Waals surface area contributed by atoms with Crippen LogP contribution in [0.1, 0.15) is 6.42 Å². The van der Waals surface area contributed by atoms with E-state index in [1.807, 2.05) is 0 Å². The van der Waals surface area contributed by atoms with Gasteiger partial charge in [0.05, 0.1) is 13.0 Å². The number of carbonyl (C=O) groups is 1. The first-order chi connectivity index (χ1) is 9.01. The molecule has 19 heavy (non-hydrogen) atoms. The Morgan fingerprint density at radius 3 is 2.74 bits per heavy atom. The summed E-state index contributed by atoms with van der Waals surface area (Å²) >= 11 is 0. The summed E-state index contributed by atoms with van der Waals surface area (Å²) in [5.41, 5.74) is 6.41. The van der Waals surface area contributed by atoms with Gasteiger partial charge in [0, 0.05) is 30.9 Å². The summed E-state index contributed by atoms with van der Waals surface area (Å²) in [6.45, 7) is 0.893. The molecular weight excluding hydrogens is 254 g/mol. The molecule has 0 radical (unpaired) electrons. The largest absolute Gasteiger partial charge is 0.469 e. The maximum Gasteiger partial charge on any atom is 0.310 e. The predicted octanol–water partition coefficient (Wildman–Crippen LogP) is 1.29. The Bertz CT molecular complexity index is 482. The number of rotatable bonds is 2. The third kappa shape index (κ3) is 3.01. The van der Waals surface area contributed by atoms with E-state index in [1.54, 1.807) is 4.90 Å². The third-order valence-electron chi connectivity index (χ3n) is 3.29. The van der Waals surface area contributed by atoms with Gasteiger partial charge in [-0.3, -0.25) is 4.79 Å². The van der Waals surface area contributed by atoms with E-state index >= 15 is 0 Å². The molecule has 1 heterocycles. The van der Waals surface area contributed by atoms with Gasteiger partial charge >= 0.3 is 5.97 Å². The van der Waals surface area contributed by atoms with Gasteiger partial charge in [-0.2, -0.15) is 0 Å². The number of anilines is 1. The average molecular weight is 270 g/mol. The number of nitrogens with two attached hydrogens (primary N) is 1. The number of piperidine rings is 1. The smallest absolute Gasteiger partial charge is 0.310 e. The van der Waals surface area contributed by atoms with E-state index in [9.17, 15) is 13.6 Å². The zero-order valence-electron chi connectivity index (χ0n) is 10.6. The summed E-state index contributed by atoms with van der Waals surface area (Å²) in [4.78, 5) is 13.3. The molecule has 1 aromatic carbocycles. The van der Waals surface area contributed by atoms with Crippen molar-refractivity contribution in [2.45, 2.75) is 12.5 Å². The molecule has 6 heteroatoms. The number of benzene rings is 1. The highest BCUT2D eigenvalue weighted by Gasteiger charge is 2.31. The highest BCUT2D eigenvalue weighted by Crippen LogP contribution is 2.24. The fourth-order valence-corrected chi connectivity index (χ4v) is 2.37. The first-order valence-corrected chi connectivity index (χ1v) is 6.04. The van der Waals surface area contributed by atoms with Gasteiger partial charge in [0.2, 0.25) is 0 Å². The van der Waals surface area contributed by atoms with E-state index in [2.05, 4.69) is 0 Å². The maximum atomic E-state index is 13.2. The minimum Gasteiger partial charge on any atom is -0.469 e. The molecule has 2 unspecified atom stereocenters. The number of carbonyl (C=O) groups excluding carboxylic acids is 1. The van der Waals surface area contributed by atoms with Gasteiger partial charge in [0.25, 0.3) is 0 Å². The quantitative estimate of drug-likeness (QED) is 0.823. The van der Waals surface area contributed by atoms with Crippen molar-refractivity contribution in [3.63, 3.8) is 0 Å². The Morgan fingerprint density at radius 2 is 2.11 bits per heavy atom. The molecule has 2 rings (SSSR count). The molecule has 2 N–H and O–H groups in total. The second kappa shape index (κ2) is 5.52. The van der Waals surface area contributed by atoms with Crippen LogP contribution in [0.5, 0.6) is 0 Å². The Kier molecular flexibility index (Phi) is 3.99. The molecule has 0 amide bonds. The lowest BCUT2D eigenvalue weighted by Gasteiger charge is -2.36. The predicted molar refractivity (Wildman–Crippen MR) is 66.7 cm³/mol. The first-order valence-electron chi connectivity index (χ1n) is 6.04. The van der Waals surface area contributed by atoms with E-state index in [1.165, 1.54) is 13.2 Å². The first kappa shape index (κ1) is 13.7. The van der Waals surface area contributed by atoms with Gasteiger partial charge in [0.15, 0.2) is 11.6 Å². The van der Waals surface area contributed by atoms with Crippen molar-refractivity contribution < 1.29 is 18.3 Å². The maximum absolute atomic E-state index is 13.2. The zero-order chi connectivity index (χ0) is 14.0. The van der Waals surface area contributed by atoms with Crippen LogP contribution in [0.15, 0.2) is 18.2 Å². The Labute approximate surface area is 110 Å². The molecule has 4 nitrogen and oxygen atoms in total. The molecule has 1 saturated heterocycles. The number of methoxy groups -OCH3 is 1. The molecule has 0 aromatic heterocycles. The van der Waals surface area contributed by atoms with Crippen molar-refractivity contribution in [2.75, 3.05) is 25.1 Å². The Morgan fingerprint density at radius 1 is 1.37 bits per heavy atom. The molecule has 0 aliphatic carbocycles. The van der Waals surface area contributed by atoms with Gasteiger partial charge < -0.3 is 15.4 Å². The summed E-state index contributed by atoms with van der Waals surface area (Å²) in [7, 11) is 1.32. The van der Waals surface area contributed by atoms with Gasteiger partial charge in [-0.1, -0.05) is 0 Å². The summed E-state index contributed by atoms with van der Waals surface area (Å²) in [6.07, 6.45) is 0.535. The summed E-state index contributed by atoms with van der Waals surface area (Å²) in [5, 5.41) is 0. The molecular formula is C13H16F2N2O2.